The number of rotatable bonds is 5. The number of amides is 1. The van der Waals surface area contributed by atoms with E-state index in [-0.39, 0.29) is 5.91 Å². The summed E-state index contributed by atoms with van der Waals surface area (Å²) in [5.41, 5.74) is 2.95. The van der Waals surface area contributed by atoms with Crippen LogP contribution in [0.15, 0.2) is 55.0 Å². The van der Waals surface area contributed by atoms with Crippen molar-refractivity contribution in [3.8, 4) is 11.3 Å². The molecule has 0 bridgehead atoms. The Hall–Kier alpha value is -2.77. The number of ether oxygens (including phenoxy) is 1. The quantitative estimate of drug-likeness (QED) is 0.664. The molecule has 0 aromatic carbocycles. The summed E-state index contributed by atoms with van der Waals surface area (Å²) in [5, 5.41) is 1.09. The summed E-state index contributed by atoms with van der Waals surface area (Å²) >= 11 is 1.53. The van der Waals surface area contributed by atoms with E-state index in [4.69, 9.17) is 4.74 Å². The molecule has 3 aromatic heterocycles. The lowest BCUT2D eigenvalue weighted by molar-refractivity contribution is 0.0790. The van der Waals surface area contributed by atoms with E-state index in [1.54, 1.807) is 23.5 Å². The van der Waals surface area contributed by atoms with Crippen LogP contribution in [0.4, 0.5) is 5.00 Å². The van der Waals surface area contributed by atoms with E-state index in [1.165, 1.54) is 11.3 Å². The van der Waals surface area contributed by atoms with Crippen molar-refractivity contribution in [1.29, 1.82) is 0 Å². The highest BCUT2D eigenvalue weighted by Gasteiger charge is 2.24. The summed E-state index contributed by atoms with van der Waals surface area (Å²) in [6.45, 7) is 3.59. The molecule has 0 unspecified atom stereocenters. The van der Waals surface area contributed by atoms with E-state index in [0.717, 1.165) is 39.8 Å². The summed E-state index contributed by atoms with van der Waals surface area (Å²) in [6.07, 6.45) is 5.27. The summed E-state index contributed by atoms with van der Waals surface area (Å²) in [5.74, 6) is 0.0125. The Labute approximate surface area is 168 Å². The summed E-state index contributed by atoms with van der Waals surface area (Å²) in [4.78, 5) is 26.4. The smallest absolute Gasteiger partial charge is 0.264 e. The molecule has 0 spiro atoms. The van der Waals surface area contributed by atoms with Crippen LogP contribution >= 0.6 is 11.3 Å². The first kappa shape index (κ1) is 18.6. The minimum atomic E-state index is 0.0125. The monoisotopic (exact) mass is 394 g/mol. The van der Waals surface area contributed by atoms with Gasteiger partial charge in [-0.15, -0.1) is 11.3 Å². The minimum absolute atomic E-state index is 0.0125. The van der Waals surface area contributed by atoms with Crippen LogP contribution in [-0.2, 0) is 11.3 Å². The molecule has 6 nitrogen and oxygen atoms in total. The van der Waals surface area contributed by atoms with Gasteiger partial charge in [-0.25, -0.2) is 0 Å². The van der Waals surface area contributed by atoms with Crippen molar-refractivity contribution in [2.75, 3.05) is 38.3 Å². The Balaban J connectivity index is 1.63. The van der Waals surface area contributed by atoms with Crippen LogP contribution in [0, 0.1) is 0 Å². The fraction of sp³-hybridized carbons (Fsp3) is 0.286. The van der Waals surface area contributed by atoms with Crippen molar-refractivity contribution in [1.82, 2.24) is 14.9 Å². The highest BCUT2D eigenvalue weighted by molar-refractivity contribution is 7.18. The predicted molar refractivity (Wildman–Crippen MR) is 111 cm³/mol. The average molecular weight is 395 g/mol. The first-order chi connectivity index (χ1) is 13.7. The van der Waals surface area contributed by atoms with Gasteiger partial charge in [0.1, 0.15) is 5.00 Å². The number of pyridine rings is 2. The Morgan fingerprint density at radius 1 is 1.18 bits per heavy atom. The molecule has 4 rings (SSSR count). The van der Waals surface area contributed by atoms with Gasteiger partial charge in [0.2, 0.25) is 0 Å². The SMILES string of the molecule is CN(Cc1ccncc1)C(=O)c1cc(-c2ccccn2)c(N2CCOCC2)s1. The maximum atomic E-state index is 13.1. The van der Waals surface area contributed by atoms with E-state index in [9.17, 15) is 4.79 Å². The van der Waals surface area contributed by atoms with Crippen molar-refractivity contribution < 1.29 is 9.53 Å². The third-order valence-corrected chi connectivity index (χ3v) is 5.86. The molecule has 1 aliphatic rings. The van der Waals surface area contributed by atoms with E-state index >= 15 is 0 Å². The molecular weight excluding hydrogens is 372 g/mol. The van der Waals surface area contributed by atoms with Crippen LogP contribution < -0.4 is 4.90 Å². The molecule has 1 fully saturated rings. The van der Waals surface area contributed by atoms with Gasteiger partial charge in [-0.3, -0.25) is 14.8 Å². The van der Waals surface area contributed by atoms with Crippen LogP contribution in [0.1, 0.15) is 15.2 Å². The number of anilines is 1. The van der Waals surface area contributed by atoms with E-state index in [0.29, 0.717) is 19.8 Å². The summed E-state index contributed by atoms with van der Waals surface area (Å²) in [7, 11) is 1.83. The van der Waals surface area contributed by atoms with Crippen LogP contribution in [-0.4, -0.2) is 54.1 Å². The maximum absolute atomic E-state index is 13.1. The van der Waals surface area contributed by atoms with Gasteiger partial charge in [0.05, 0.1) is 23.8 Å². The third kappa shape index (κ3) is 4.05. The molecule has 144 valence electrons. The standard InChI is InChI=1S/C21H22N4O2S/c1-24(15-16-5-8-22-9-6-16)20(26)19-14-17(18-4-2-3-7-23-18)21(28-19)25-10-12-27-13-11-25/h2-9,14H,10-13,15H2,1H3. The number of thiophene rings is 1. The highest BCUT2D eigenvalue weighted by atomic mass is 32.1. The number of hydrogen-bond acceptors (Lipinski definition) is 6. The zero-order valence-electron chi connectivity index (χ0n) is 15.7. The first-order valence-corrected chi connectivity index (χ1v) is 10.1. The molecule has 1 saturated heterocycles. The van der Waals surface area contributed by atoms with Gasteiger partial charge in [-0.2, -0.15) is 0 Å². The van der Waals surface area contributed by atoms with Crippen LogP contribution in [0.25, 0.3) is 11.3 Å². The van der Waals surface area contributed by atoms with Gasteiger partial charge in [0.15, 0.2) is 0 Å². The number of carbonyl (C=O) groups is 1. The molecule has 1 aliphatic heterocycles. The molecule has 7 heteroatoms. The Morgan fingerprint density at radius 2 is 1.96 bits per heavy atom. The zero-order valence-corrected chi connectivity index (χ0v) is 16.6. The molecule has 0 saturated carbocycles. The second kappa shape index (κ2) is 8.50. The molecular formula is C21H22N4O2S. The second-order valence-corrected chi connectivity index (χ2v) is 7.69. The molecule has 0 aliphatic carbocycles. The van der Waals surface area contributed by atoms with Crippen molar-refractivity contribution >= 4 is 22.2 Å². The van der Waals surface area contributed by atoms with E-state index in [1.807, 2.05) is 43.4 Å². The van der Waals surface area contributed by atoms with E-state index in [2.05, 4.69) is 14.9 Å². The second-order valence-electron chi connectivity index (χ2n) is 6.66. The van der Waals surface area contributed by atoms with Gasteiger partial charge in [-0.1, -0.05) is 6.07 Å². The molecule has 1 amide bonds. The topological polar surface area (TPSA) is 58.6 Å². The van der Waals surface area contributed by atoms with E-state index < -0.39 is 0 Å². The summed E-state index contributed by atoms with van der Waals surface area (Å²) < 4.78 is 5.49. The van der Waals surface area contributed by atoms with Gasteiger partial charge in [0.25, 0.3) is 5.91 Å². The minimum Gasteiger partial charge on any atom is -0.378 e. The molecule has 3 aromatic rings. The lowest BCUT2D eigenvalue weighted by atomic mass is 10.1. The Morgan fingerprint density at radius 3 is 2.68 bits per heavy atom. The van der Waals surface area contributed by atoms with Gasteiger partial charge < -0.3 is 14.5 Å². The fourth-order valence-corrected chi connectivity index (χ4v) is 4.43. The van der Waals surface area contributed by atoms with Crippen molar-refractivity contribution in [2.24, 2.45) is 0 Å². The number of hydrogen-bond donors (Lipinski definition) is 0. The van der Waals surface area contributed by atoms with Gasteiger partial charge in [-0.05, 0) is 35.9 Å². The number of carbonyl (C=O) groups excluding carboxylic acids is 1. The van der Waals surface area contributed by atoms with Crippen molar-refractivity contribution in [3.05, 3.63) is 65.4 Å². The number of aromatic nitrogens is 2. The third-order valence-electron chi connectivity index (χ3n) is 4.68. The van der Waals surface area contributed by atoms with Crippen LogP contribution in [0.3, 0.4) is 0 Å². The zero-order chi connectivity index (χ0) is 19.3. The maximum Gasteiger partial charge on any atom is 0.264 e. The van der Waals surface area contributed by atoms with Crippen molar-refractivity contribution in [3.63, 3.8) is 0 Å². The van der Waals surface area contributed by atoms with Gasteiger partial charge >= 0.3 is 0 Å². The Bertz CT molecular complexity index is 924. The highest BCUT2D eigenvalue weighted by Crippen LogP contribution is 2.39. The number of nitrogens with zero attached hydrogens (tertiary/aromatic N) is 4. The predicted octanol–water partition coefficient (Wildman–Crippen LogP) is 3.31. The normalized spacial score (nSPS) is 14.1. The molecule has 0 radical (unpaired) electrons. The van der Waals surface area contributed by atoms with Crippen LogP contribution in [0.5, 0.6) is 0 Å². The Kier molecular flexibility index (Phi) is 5.64. The number of morpholine rings is 1. The van der Waals surface area contributed by atoms with Crippen LogP contribution in [0.2, 0.25) is 0 Å². The molecule has 0 N–H and O–H groups in total. The lowest BCUT2D eigenvalue weighted by Gasteiger charge is -2.28. The largest absolute Gasteiger partial charge is 0.378 e. The molecule has 4 heterocycles. The molecule has 28 heavy (non-hydrogen) atoms. The van der Waals surface area contributed by atoms with Crippen molar-refractivity contribution in [2.45, 2.75) is 6.54 Å². The first-order valence-electron chi connectivity index (χ1n) is 9.24. The fourth-order valence-electron chi connectivity index (χ4n) is 3.22. The lowest BCUT2D eigenvalue weighted by Crippen LogP contribution is -2.35. The average Bonchev–Trinajstić information content (AvgIpc) is 3.20. The molecule has 0 atom stereocenters. The summed E-state index contributed by atoms with van der Waals surface area (Å²) in [6, 6.07) is 11.7. The van der Waals surface area contributed by atoms with Gasteiger partial charge in [0, 0.05) is 50.8 Å².